The van der Waals surface area contributed by atoms with Gasteiger partial charge in [0, 0.05) is 49.7 Å². The van der Waals surface area contributed by atoms with Crippen molar-refractivity contribution in [1.82, 2.24) is 10.2 Å². The highest BCUT2D eigenvalue weighted by atomic mass is 127. The smallest absolute Gasteiger partial charge is 0.193 e. The molecule has 6 heteroatoms. The number of aliphatic imine (C=N–C) groups is 1. The zero-order valence-electron chi connectivity index (χ0n) is 16.6. The molecule has 0 amide bonds. The van der Waals surface area contributed by atoms with Crippen LogP contribution in [0.2, 0.25) is 0 Å². The predicted octanol–water partition coefficient (Wildman–Crippen LogP) is 4.57. The third kappa shape index (κ3) is 6.53. The standard InChI is InChI=1S/C21H33N3OS.HI/c1-3-19-16-24(12-14-26-19)21(22-4-2)23-15-18-11-8-13-25-20(18)17-9-6-5-7-10-17;/h5-7,9-10,18-20H,3-4,8,11-16H2,1-2H3,(H,22,23);1H. The maximum absolute atomic E-state index is 6.14. The number of benzene rings is 1. The molecule has 2 saturated heterocycles. The van der Waals surface area contributed by atoms with Crippen molar-refractivity contribution < 1.29 is 4.74 Å². The van der Waals surface area contributed by atoms with Gasteiger partial charge in [0.25, 0.3) is 0 Å². The fourth-order valence-corrected chi connectivity index (χ4v) is 5.01. The normalized spacial score (nSPS) is 26.4. The van der Waals surface area contributed by atoms with E-state index in [2.05, 4.69) is 66.2 Å². The Labute approximate surface area is 185 Å². The van der Waals surface area contributed by atoms with Gasteiger partial charge in [0.15, 0.2) is 5.96 Å². The molecule has 0 bridgehead atoms. The summed E-state index contributed by atoms with van der Waals surface area (Å²) in [5.41, 5.74) is 1.29. The summed E-state index contributed by atoms with van der Waals surface area (Å²) in [5, 5.41) is 4.24. The molecule has 2 fully saturated rings. The van der Waals surface area contributed by atoms with Crippen LogP contribution >= 0.6 is 35.7 Å². The summed E-state index contributed by atoms with van der Waals surface area (Å²) in [4.78, 5) is 7.50. The van der Waals surface area contributed by atoms with E-state index in [0.717, 1.165) is 50.4 Å². The molecule has 2 heterocycles. The van der Waals surface area contributed by atoms with Crippen molar-refractivity contribution in [3.8, 4) is 0 Å². The molecule has 0 spiro atoms. The largest absolute Gasteiger partial charge is 0.373 e. The zero-order chi connectivity index (χ0) is 18.2. The molecule has 0 radical (unpaired) electrons. The van der Waals surface area contributed by atoms with E-state index in [4.69, 9.17) is 9.73 Å². The molecule has 2 aliphatic rings. The first-order valence-electron chi connectivity index (χ1n) is 10.1. The lowest BCUT2D eigenvalue weighted by Crippen LogP contribution is -2.48. The molecule has 3 atom stereocenters. The molecule has 2 aliphatic heterocycles. The number of hydrogen-bond acceptors (Lipinski definition) is 3. The number of nitrogens with zero attached hydrogens (tertiary/aromatic N) is 2. The Morgan fingerprint density at radius 1 is 1.30 bits per heavy atom. The quantitative estimate of drug-likeness (QED) is 0.363. The Morgan fingerprint density at radius 2 is 2.11 bits per heavy atom. The minimum absolute atomic E-state index is 0. The number of rotatable bonds is 5. The summed E-state index contributed by atoms with van der Waals surface area (Å²) in [6, 6.07) is 10.7. The fourth-order valence-electron chi connectivity index (χ4n) is 3.83. The van der Waals surface area contributed by atoms with Crippen LogP contribution in [0.4, 0.5) is 0 Å². The molecule has 27 heavy (non-hydrogen) atoms. The average Bonchev–Trinajstić information content (AvgIpc) is 2.72. The second-order valence-electron chi connectivity index (χ2n) is 7.15. The van der Waals surface area contributed by atoms with Crippen LogP contribution in [0.1, 0.15) is 44.8 Å². The van der Waals surface area contributed by atoms with E-state index in [1.54, 1.807) is 0 Å². The molecule has 0 aliphatic carbocycles. The van der Waals surface area contributed by atoms with Crippen LogP contribution < -0.4 is 5.32 Å². The maximum atomic E-state index is 6.14. The minimum Gasteiger partial charge on any atom is -0.373 e. The summed E-state index contributed by atoms with van der Waals surface area (Å²) in [7, 11) is 0. The van der Waals surface area contributed by atoms with Gasteiger partial charge in [-0.2, -0.15) is 11.8 Å². The molecule has 1 aromatic carbocycles. The van der Waals surface area contributed by atoms with Crippen molar-refractivity contribution in [2.45, 2.75) is 44.5 Å². The molecule has 3 rings (SSSR count). The highest BCUT2D eigenvalue weighted by Crippen LogP contribution is 2.33. The SMILES string of the molecule is CCNC(=NCC1CCCOC1c1ccccc1)N1CCSC(CC)C1.I. The second-order valence-corrected chi connectivity index (χ2v) is 8.55. The first-order valence-corrected chi connectivity index (χ1v) is 11.2. The average molecular weight is 503 g/mol. The third-order valence-electron chi connectivity index (χ3n) is 5.28. The Morgan fingerprint density at radius 3 is 2.85 bits per heavy atom. The molecular formula is C21H34IN3OS. The number of hydrogen-bond donors (Lipinski definition) is 1. The van der Waals surface area contributed by atoms with E-state index in [0.29, 0.717) is 5.92 Å². The lowest BCUT2D eigenvalue weighted by atomic mass is 9.89. The van der Waals surface area contributed by atoms with Gasteiger partial charge in [-0.15, -0.1) is 24.0 Å². The first kappa shape index (κ1) is 22.8. The lowest BCUT2D eigenvalue weighted by Gasteiger charge is -2.35. The van der Waals surface area contributed by atoms with Gasteiger partial charge < -0.3 is 15.0 Å². The number of nitrogens with one attached hydrogen (secondary N) is 1. The highest BCUT2D eigenvalue weighted by molar-refractivity contribution is 14.0. The Bertz CT molecular complexity index is 572. The summed E-state index contributed by atoms with van der Waals surface area (Å²) in [5.74, 6) is 2.74. The van der Waals surface area contributed by atoms with Crippen molar-refractivity contribution in [3.63, 3.8) is 0 Å². The summed E-state index contributed by atoms with van der Waals surface area (Å²) in [6.07, 6.45) is 3.73. The number of ether oxygens (including phenoxy) is 1. The maximum Gasteiger partial charge on any atom is 0.193 e. The first-order chi connectivity index (χ1) is 12.8. The highest BCUT2D eigenvalue weighted by Gasteiger charge is 2.28. The Kier molecular flexibility index (Phi) is 10.3. The van der Waals surface area contributed by atoms with Crippen LogP contribution in [-0.2, 0) is 4.74 Å². The van der Waals surface area contributed by atoms with Crippen molar-refractivity contribution in [2.24, 2.45) is 10.9 Å². The van der Waals surface area contributed by atoms with Gasteiger partial charge in [0.1, 0.15) is 0 Å². The summed E-state index contributed by atoms with van der Waals surface area (Å²) < 4.78 is 6.14. The molecule has 152 valence electrons. The van der Waals surface area contributed by atoms with Crippen LogP contribution in [0.25, 0.3) is 0 Å². The van der Waals surface area contributed by atoms with Gasteiger partial charge in [-0.05, 0) is 31.7 Å². The number of guanidine groups is 1. The number of halogens is 1. The van der Waals surface area contributed by atoms with E-state index in [1.807, 2.05) is 0 Å². The minimum atomic E-state index is 0. The van der Waals surface area contributed by atoms with Gasteiger partial charge in [0.2, 0.25) is 0 Å². The molecule has 1 aromatic rings. The molecule has 0 aromatic heterocycles. The second kappa shape index (κ2) is 12.2. The number of thioether (sulfide) groups is 1. The van der Waals surface area contributed by atoms with Crippen LogP contribution in [0.3, 0.4) is 0 Å². The summed E-state index contributed by atoms with van der Waals surface area (Å²) in [6.45, 7) is 9.26. The molecule has 1 N–H and O–H groups in total. The Balaban J connectivity index is 0.00000261. The van der Waals surface area contributed by atoms with E-state index in [9.17, 15) is 0 Å². The van der Waals surface area contributed by atoms with Gasteiger partial charge in [-0.1, -0.05) is 37.3 Å². The molecule has 4 nitrogen and oxygen atoms in total. The molecular weight excluding hydrogens is 469 g/mol. The Hall–Kier alpha value is -0.470. The molecule has 0 saturated carbocycles. The van der Waals surface area contributed by atoms with E-state index in [1.165, 1.54) is 24.2 Å². The van der Waals surface area contributed by atoms with E-state index in [-0.39, 0.29) is 30.1 Å². The van der Waals surface area contributed by atoms with Crippen molar-refractivity contribution in [1.29, 1.82) is 0 Å². The van der Waals surface area contributed by atoms with Gasteiger partial charge in [-0.25, -0.2) is 0 Å². The lowest BCUT2D eigenvalue weighted by molar-refractivity contribution is -0.0250. The zero-order valence-corrected chi connectivity index (χ0v) is 19.7. The van der Waals surface area contributed by atoms with E-state index < -0.39 is 0 Å². The van der Waals surface area contributed by atoms with E-state index >= 15 is 0 Å². The van der Waals surface area contributed by atoms with Gasteiger partial charge in [0.05, 0.1) is 6.10 Å². The van der Waals surface area contributed by atoms with Crippen molar-refractivity contribution in [3.05, 3.63) is 35.9 Å². The molecule has 3 unspecified atom stereocenters. The van der Waals surface area contributed by atoms with Crippen LogP contribution in [0.15, 0.2) is 35.3 Å². The van der Waals surface area contributed by atoms with Crippen LogP contribution in [0.5, 0.6) is 0 Å². The van der Waals surface area contributed by atoms with Crippen molar-refractivity contribution >= 4 is 41.7 Å². The summed E-state index contributed by atoms with van der Waals surface area (Å²) >= 11 is 2.10. The topological polar surface area (TPSA) is 36.9 Å². The predicted molar refractivity (Wildman–Crippen MR) is 127 cm³/mol. The van der Waals surface area contributed by atoms with Crippen LogP contribution in [-0.4, -0.2) is 54.6 Å². The fraction of sp³-hybridized carbons (Fsp3) is 0.667. The monoisotopic (exact) mass is 503 g/mol. The third-order valence-corrected chi connectivity index (χ3v) is 6.65. The van der Waals surface area contributed by atoms with Gasteiger partial charge >= 0.3 is 0 Å². The van der Waals surface area contributed by atoms with Crippen LogP contribution in [0, 0.1) is 5.92 Å². The van der Waals surface area contributed by atoms with Crippen molar-refractivity contribution in [2.75, 3.05) is 38.5 Å². The van der Waals surface area contributed by atoms with Gasteiger partial charge in [-0.3, -0.25) is 4.99 Å².